The van der Waals surface area contributed by atoms with Crippen LogP contribution in [0.4, 0.5) is 0 Å². The fourth-order valence-corrected chi connectivity index (χ4v) is 2.40. The number of nitriles is 1. The van der Waals surface area contributed by atoms with Gasteiger partial charge in [-0.05, 0) is 24.6 Å². The Balaban J connectivity index is 2.22. The Kier molecular flexibility index (Phi) is 4.38. The molecule has 7 heteroatoms. The lowest BCUT2D eigenvalue weighted by Gasteiger charge is -2.08. The van der Waals surface area contributed by atoms with Crippen molar-refractivity contribution < 1.29 is 9.90 Å². The van der Waals surface area contributed by atoms with Crippen LogP contribution in [0.5, 0.6) is 0 Å². The molecule has 20 heavy (non-hydrogen) atoms. The first kappa shape index (κ1) is 14.1. The van der Waals surface area contributed by atoms with E-state index in [-0.39, 0.29) is 5.75 Å². The summed E-state index contributed by atoms with van der Waals surface area (Å²) in [4.78, 5) is 10.6. The Morgan fingerprint density at radius 2 is 2.30 bits per heavy atom. The third kappa shape index (κ3) is 3.36. The number of carboxylic acids is 1. The van der Waals surface area contributed by atoms with Gasteiger partial charge in [0.15, 0.2) is 5.16 Å². The van der Waals surface area contributed by atoms with E-state index in [9.17, 15) is 4.79 Å². The summed E-state index contributed by atoms with van der Waals surface area (Å²) in [5.41, 5.74) is 1.54. The van der Waals surface area contributed by atoms with Crippen LogP contribution in [-0.2, 0) is 11.3 Å². The molecule has 1 aromatic carbocycles. The number of nitrogens with zero attached hydrogens (tertiary/aromatic N) is 4. The van der Waals surface area contributed by atoms with Crippen molar-refractivity contribution in [2.45, 2.75) is 18.6 Å². The van der Waals surface area contributed by atoms with Gasteiger partial charge in [-0.15, -0.1) is 10.2 Å². The molecule has 0 amide bonds. The summed E-state index contributed by atoms with van der Waals surface area (Å²) in [6, 6.07) is 9.35. The van der Waals surface area contributed by atoms with Gasteiger partial charge in [-0.2, -0.15) is 5.26 Å². The van der Waals surface area contributed by atoms with Crippen LogP contribution in [-0.4, -0.2) is 31.6 Å². The van der Waals surface area contributed by atoms with E-state index < -0.39 is 5.97 Å². The van der Waals surface area contributed by atoms with Gasteiger partial charge < -0.3 is 9.67 Å². The molecular weight excluding hydrogens is 276 g/mol. The Bertz CT molecular complexity index is 675. The van der Waals surface area contributed by atoms with Gasteiger partial charge in [-0.1, -0.05) is 23.9 Å². The van der Waals surface area contributed by atoms with Crippen molar-refractivity contribution in [2.24, 2.45) is 0 Å². The van der Waals surface area contributed by atoms with Crippen LogP contribution >= 0.6 is 11.8 Å². The molecule has 1 heterocycles. The SMILES string of the molecule is Cc1nnc(SCC(=O)O)n1Cc1cccc(C#N)c1. The van der Waals surface area contributed by atoms with E-state index in [0.717, 1.165) is 17.3 Å². The summed E-state index contributed by atoms with van der Waals surface area (Å²) in [6.07, 6.45) is 0. The predicted molar refractivity (Wildman–Crippen MR) is 73.4 cm³/mol. The first-order valence-electron chi connectivity index (χ1n) is 5.83. The maximum Gasteiger partial charge on any atom is 0.313 e. The molecule has 0 fully saturated rings. The number of hydrogen-bond acceptors (Lipinski definition) is 5. The van der Waals surface area contributed by atoms with Crippen LogP contribution in [0.1, 0.15) is 17.0 Å². The van der Waals surface area contributed by atoms with E-state index in [1.54, 1.807) is 12.1 Å². The monoisotopic (exact) mass is 288 g/mol. The molecule has 0 bridgehead atoms. The standard InChI is InChI=1S/C13H12N4O2S/c1-9-15-16-13(20-8-12(18)19)17(9)7-11-4-2-3-10(5-11)6-14/h2-5H,7-8H2,1H3,(H,18,19). The first-order valence-corrected chi connectivity index (χ1v) is 6.82. The first-order chi connectivity index (χ1) is 9.60. The molecule has 0 saturated carbocycles. The average molecular weight is 288 g/mol. The number of hydrogen-bond donors (Lipinski definition) is 1. The second kappa shape index (κ2) is 6.21. The number of aromatic nitrogens is 3. The number of rotatable bonds is 5. The maximum absolute atomic E-state index is 10.6. The minimum atomic E-state index is -0.895. The van der Waals surface area contributed by atoms with Crippen molar-refractivity contribution in [1.82, 2.24) is 14.8 Å². The van der Waals surface area contributed by atoms with Gasteiger partial charge in [-0.25, -0.2) is 0 Å². The molecule has 0 radical (unpaired) electrons. The van der Waals surface area contributed by atoms with Crippen LogP contribution in [0.3, 0.4) is 0 Å². The molecule has 0 unspecified atom stereocenters. The van der Waals surface area contributed by atoms with E-state index in [1.807, 2.05) is 23.6 Å². The highest BCUT2D eigenvalue weighted by Gasteiger charge is 2.11. The third-order valence-electron chi connectivity index (χ3n) is 2.62. The Labute approximate surface area is 120 Å². The summed E-state index contributed by atoms with van der Waals surface area (Å²) in [5, 5.41) is 26.1. The van der Waals surface area contributed by atoms with Crippen molar-refractivity contribution in [1.29, 1.82) is 5.26 Å². The minimum Gasteiger partial charge on any atom is -0.481 e. The highest BCUT2D eigenvalue weighted by atomic mass is 32.2. The molecule has 0 aliphatic carbocycles. The van der Waals surface area contributed by atoms with Gasteiger partial charge in [0.2, 0.25) is 0 Å². The molecule has 6 nitrogen and oxygen atoms in total. The van der Waals surface area contributed by atoms with Crippen LogP contribution in [0, 0.1) is 18.3 Å². The van der Waals surface area contributed by atoms with E-state index in [4.69, 9.17) is 10.4 Å². The van der Waals surface area contributed by atoms with Crippen molar-refractivity contribution in [2.75, 3.05) is 5.75 Å². The molecule has 1 N–H and O–H groups in total. The lowest BCUT2D eigenvalue weighted by molar-refractivity contribution is -0.133. The topological polar surface area (TPSA) is 91.8 Å². The Hall–Kier alpha value is -2.33. The highest BCUT2D eigenvalue weighted by molar-refractivity contribution is 7.99. The molecule has 102 valence electrons. The largest absolute Gasteiger partial charge is 0.481 e. The quantitative estimate of drug-likeness (QED) is 0.842. The summed E-state index contributed by atoms with van der Waals surface area (Å²) >= 11 is 1.13. The zero-order valence-corrected chi connectivity index (χ0v) is 11.6. The van der Waals surface area contributed by atoms with Crippen molar-refractivity contribution in [3.8, 4) is 6.07 Å². The molecule has 0 atom stereocenters. The lowest BCUT2D eigenvalue weighted by atomic mass is 10.1. The number of carbonyl (C=O) groups is 1. The van der Waals surface area contributed by atoms with Gasteiger partial charge in [0.25, 0.3) is 0 Å². The van der Waals surface area contributed by atoms with Crippen molar-refractivity contribution in [3.05, 3.63) is 41.2 Å². The zero-order chi connectivity index (χ0) is 14.5. The smallest absolute Gasteiger partial charge is 0.313 e. The second-order valence-corrected chi connectivity index (χ2v) is 5.05. The molecule has 0 aliphatic rings. The summed E-state index contributed by atoms with van der Waals surface area (Å²) in [5.74, 6) is -0.245. The van der Waals surface area contributed by atoms with Crippen molar-refractivity contribution >= 4 is 17.7 Å². The molecule has 0 aliphatic heterocycles. The molecule has 2 rings (SSSR count). The third-order valence-corrected chi connectivity index (χ3v) is 3.57. The number of benzene rings is 1. The molecule has 0 saturated heterocycles. The van der Waals surface area contributed by atoms with E-state index in [0.29, 0.717) is 23.1 Å². The van der Waals surface area contributed by atoms with Crippen LogP contribution in [0.25, 0.3) is 0 Å². The second-order valence-electron chi connectivity index (χ2n) is 4.11. The highest BCUT2D eigenvalue weighted by Crippen LogP contribution is 2.18. The van der Waals surface area contributed by atoms with Crippen LogP contribution in [0.15, 0.2) is 29.4 Å². The van der Waals surface area contributed by atoms with Crippen molar-refractivity contribution in [3.63, 3.8) is 0 Å². The summed E-state index contributed by atoms with van der Waals surface area (Å²) < 4.78 is 1.84. The Morgan fingerprint density at radius 3 is 3.00 bits per heavy atom. The fraction of sp³-hybridized carbons (Fsp3) is 0.231. The van der Waals surface area contributed by atoms with Gasteiger partial charge in [0.05, 0.1) is 23.9 Å². The number of carboxylic acid groups (broad SMARTS) is 1. The molecule has 2 aromatic rings. The number of aliphatic carboxylic acids is 1. The zero-order valence-electron chi connectivity index (χ0n) is 10.8. The number of thioether (sulfide) groups is 1. The summed E-state index contributed by atoms with van der Waals surface area (Å²) in [7, 11) is 0. The fourth-order valence-electron chi connectivity index (χ4n) is 1.70. The maximum atomic E-state index is 10.6. The van der Waals surface area contributed by atoms with E-state index >= 15 is 0 Å². The Morgan fingerprint density at radius 1 is 1.50 bits per heavy atom. The molecular formula is C13H12N4O2S. The predicted octanol–water partition coefficient (Wildman–Crippen LogP) is 1.68. The molecule has 0 spiro atoms. The van der Waals surface area contributed by atoms with E-state index in [1.165, 1.54) is 0 Å². The van der Waals surface area contributed by atoms with E-state index in [2.05, 4.69) is 16.3 Å². The van der Waals surface area contributed by atoms with Gasteiger partial charge in [0, 0.05) is 0 Å². The molecule has 1 aromatic heterocycles. The lowest BCUT2D eigenvalue weighted by Crippen LogP contribution is -2.06. The average Bonchev–Trinajstić information content (AvgIpc) is 2.78. The van der Waals surface area contributed by atoms with Crippen LogP contribution < -0.4 is 0 Å². The minimum absolute atomic E-state index is 0.0592. The van der Waals surface area contributed by atoms with Gasteiger partial charge in [-0.3, -0.25) is 4.79 Å². The summed E-state index contributed by atoms with van der Waals surface area (Å²) in [6.45, 7) is 2.32. The van der Waals surface area contributed by atoms with Crippen LogP contribution in [0.2, 0.25) is 0 Å². The van der Waals surface area contributed by atoms with Gasteiger partial charge in [0.1, 0.15) is 5.82 Å². The number of aryl methyl sites for hydroxylation is 1. The normalized spacial score (nSPS) is 10.2. The van der Waals surface area contributed by atoms with Gasteiger partial charge >= 0.3 is 5.97 Å².